The Bertz CT molecular complexity index is 134. The summed E-state index contributed by atoms with van der Waals surface area (Å²) in [6.07, 6.45) is -10.0. The van der Waals surface area contributed by atoms with Gasteiger partial charge < -0.3 is 0 Å². The van der Waals surface area contributed by atoms with Crippen molar-refractivity contribution in [1.29, 1.82) is 0 Å². The Hall–Kier alpha value is -0.630. The van der Waals surface area contributed by atoms with Crippen molar-refractivity contribution in [2.75, 3.05) is 6.67 Å². The van der Waals surface area contributed by atoms with E-state index in [1.54, 1.807) is 0 Å². The Labute approximate surface area is 72.7 Å². The van der Waals surface area contributed by atoms with Crippen LogP contribution < -0.4 is 0 Å². The van der Waals surface area contributed by atoms with Crippen LogP contribution in [0.3, 0.4) is 0 Å². The van der Waals surface area contributed by atoms with Crippen LogP contribution in [0.1, 0.15) is 6.92 Å². The molecule has 0 heterocycles. The molecule has 0 fully saturated rings. The lowest BCUT2D eigenvalue weighted by Crippen LogP contribution is -2.32. The maximum Gasteiger partial charge on any atom is 0.452 e. The van der Waals surface area contributed by atoms with E-state index in [2.05, 4.69) is 0 Å². The number of hydrogen-bond acceptors (Lipinski definition) is 0. The average molecular weight is 236 g/mol. The van der Waals surface area contributed by atoms with Crippen LogP contribution in [0.25, 0.3) is 0 Å². The van der Waals surface area contributed by atoms with Gasteiger partial charge in [-0.25, -0.2) is 4.39 Å². The van der Waals surface area contributed by atoms with Crippen molar-refractivity contribution in [3.63, 3.8) is 0 Å². The van der Waals surface area contributed by atoms with Gasteiger partial charge in [-0.05, 0) is 0 Å². The van der Waals surface area contributed by atoms with Crippen molar-refractivity contribution in [2.45, 2.75) is 25.2 Å². The fourth-order valence-electron chi connectivity index (χ4n) is 0. The second-order valence-corrected chi connectivity index (χ2v) is 2.13. The normalized spacial score (nSPS) is 13.3. The van der Waals surface area contributed by atoms with E-state index in [-0.39, 0.29) is 6.92 Å². The molecule has 14 heavy (non-hydrogen) atoms. The zero-order valence-electron chi connectivity index (χ0n) is 6.61. The van der Waals surface area contributed by atoms with E-state index in [9.17, 15) is 39.5 Å². The first-order valence-corrected chi connectivity index (χ1v) is 2.88. The monoisotopic (exact) mass is 236 g/mol. The Balaban J connectivity index is 0. The lowest BCUT2D eigenvalue weighted by molar-refractivity contribution is -0.273. The van der Waals surface area contributed by atoms with Gasteiger partial charge in [-0.1, -0.05) is 0 Å². The SMILES string of the molecule is CC(F)(F)C(F)(F)F.FCC(F)(F)F. The van der Waals surface area contributed by atoms with Gasteiger partial charge in [0.15, 0.2) is 6.67 Å². The summed E-state index contributed by atoms with van der Waals surface area (Å²) in [7, 11) is 0. The lowest BCUT2D eigenvalue weighted by Gasteiger charge is -2.12. The van der Waals surface area contributed by atoms with Crippen LogP contribution >= 0.6 is 0 Å². The molecule has 0 radical (unpaired) electrons. The third-order valence-electron chi connectivity index (χ3n) is 0.649. The van der Waals surface area contributed by atoms with Gasteiger partial charge in [0, 0.05) is 6.92 Å². The summed E-state index contributed by atoms with van der Waals surface area (Å²) in [6.45, 7) is -2.42. The predicted molar refractivity (Wildman–Crippen MR) is 28.7 cm³/mol. The summed E-state index contributed by atoms with van der Waals surface area (Å²) in [5.74, 6) is -4.56. The van der Waals surface area contributed by atoms with Crippen LogP contribution in [0.15, 0.2) is 0 Å². The summed E-state index contributed by atoms with van der Waals surface area (Å²) in [5.41, 5.74) is 0. The van der Waals surface area contributed by atoms with Gasteiger partial charge >= 0.3 is 18.3 Å². The highest BCUT2D eigenvalue weighted by Gasteiger charge is 2.52. The van der Waals surface area contributed by atoms with Gasteiger partial charge in [-0.15, -0.1) is 0 Å². The van der Waals surface area contributed by atoms with Gasteiger partial charge in [-0.3, -0.25) is 0 Å². The minimum Gasteiger partial charge on any atom is -0.241 e. The average Bonchev–Trinajstić information content (AvgIpc) is 1.82. The maximum atomic E-state index is 11.1. The van der Waals surface area contributed by atoms with Gasteiger partial charge in [0.2, 0.25) is 0 Å². The molecule has 9 heteroatoms. The minimum atomic E-state index is -5.40. The molecule has 0 saturated heterocycles. The van der Waals surface area contributed by atoms with Crippen molar-refractivity contribution in [2.24, 2.45) is 0 Å². The topological polar surface area (TPSA) is 0 Å². The molecule has 0 unspecified atom stereocenters. The highest BCUT2D eigenvalue weighted by atomic mass is 19.4. The van der Waals surface area contributed by atoms with E-state index >= 15 is 0 Å². The summed E-state index contributed by atoms with van der Waals surface area (Å²) in [4.78, 5) is 0. The zero-order chi connectivity index (χ0) is 12.2. The number of rotatable bonds is 0. The number of alkyl halides is 9. The Morgan fingerprint density at radius 1 is 0.786 bits per heavy atom. The lowest BCUT2D eigenvalue weighted by atomic mass is 10.4. The quantitative estimate of drug-likeness (QED) is 0.562. The first-order valence-electron chi connectivity index (χ1n) is 2.88. The van der Waals surface area contributed by atoms with E-state index in [0.29, 0.717) is 0 Å². The highest BCUT2D eigenvalue weighted by molar-refractivity contribution is 4.67. The zero-order valence-corrected chi connectivity index (χ0v) is 6.61. The van der Waals surface area contributed by atoms with Gasteiger partial charge in [0.1, 0.15) is 0 Å². The third kappa shape index (κ3) is 9.46. The second-order valence-electron chi connectivity index (χ2n) is 2.13. The van der Waals surface area contributed by atoms with Crippen LogP contribution in [0.2, 0.25) is 0 Å². The molecule has 0 amide bonds. The van der Waals surface area contributed by atoms with E-state index in [1.807, 2.05) is 0 Å². The molecule has 0 spiro atoms. The second kappa shape index (κ2) is 4.74. The van der Waals surface area contributed by atoms with Gasteiger partial charge in [0.25, 0.3) is 0 Å². The van der Waals surface area contributed by atoms with Crippen molar-refractivity contribution in [3.05, 3.63) is 0 Å². The van der Waals surface area contributed by atoms with Crippen molar-refractivity contribution in [1.82, 2.24) is 0 Å². The van der Waals surface area contributed by atoms with Gasteiger partial charge in [0.05, 0.1) is 0 Å². The molecule has 88 valence electrons. The summed E-state index contributed by atoms with van der Waals surface area (Å²) >= 11 is 0. The molecule has 0 saturated carbocycles. The Morgan fingerprint density at radius 3 is 0.929 bits per heavy atom. The predicted octanol–water partition coefficient (Wildman–Crippen LogP) is 3.72. The summed E-state index contributed by atoms with van der Waals surface area (Å²) < 4.78 is 96.2. The molecular weight excluding hydrogens is 231 g/mol. The van der Waals surface area contributed by atoms with Crippen LogP contribution in [0.5, 0.6) is 0 Å². The maximum absolute atomic E-state index is 11.1. The largest absolute Gasteiger partial charge is 0.452 e. The molecule has 0 nitrogen and oxygen atoms in total. The first-order chi connectivity index (χ1) is 5.81. The van der Waals surface area contributed by atoms with Crippen LogP contribution in [-0.2, 0) is 0 Å². The molecule has 0 N–H and O–H groups in total. The summed E-state index contributed by atoms with van der Waals surface area (Å²) in [5, 5.41) is 0. The van der Waals surface area contributed by atoms with E-state index < -0.39 is 24.9 Å². The van der Waals surface area contributed by atoms with Crippen LogP contribution in [-0.4, -0.2) is 24.9 Å². The van der Waals surface area contributed by atoms with Crippen molar-refractivity contribution < 1.29 is 39.5 Å². The molecule has 0 aromatic heterocycles. The molecule has 0 rings (SSSR count). The van der Waals surface area contributed by atoms with Gasteiger partial charge in [-0.2, -0.15) is 35.1 Å². The van der Waals surface area contributed by atoms with E-state index in [0.717, 1.165) is 0 Å². The fraction of sp³-hybridized carbons (Fsp3) is 1.00. The molecule has 0 bridgehead atoms. The smallest absolute Gasteiger partial charge is 0.241 e. The molecule has 0 aromatic rings. The number of halogens is 9. The minimum absolute atomic E-state index is 0.188. The Kier molecular flexibility index (Phi) is 5.36. The van der Waals surface area contributed by atoms with E-state index in [4.69, 9.17) is 0 Å². The third-order valence-corrected chi connectivity index (χ3v) is 0.649. The molecule has 0 aliphatic carbocycles. The first kappa shape index (κ1) is 15.8. The van der Waals surface area contributed by atoms with E-state index in [1.165, 1.54) is 0 Å². The molecular formula is C5H5F9. The number of hydrogen-bond donors (Lipinski definition) is 0. The van der Waals surface area contributed by atoms with Crippen LogP contribution in [0.4, 0.5) is 39.5 Å². The van der Waals surface area contributed by atoms with Crippen molar-refractivity contribution >= 4 is 0 Å². The molecule has 0 aromatic carbocycles. The molecule has 0 atom stereocenters. The molecule has 0 aliphatic heterocycles. The Morgan fingerprint density at radius 2 is 0.929 bits per heavy atom. The summed E-state index contributed by atoms with van der Waals surface area (Å²) in [6, 6.07) is 0. The highest BCUT2D eigenvalue weighted by Crippen LogP contribution is 2.34. The molecule has 0 aliphatic rings. The standard InChI is InChI=1S/C3H3F5.C2H2F4/c1-2(4,5)3(6,7)8;3-1-2(4,5)6/h1H3;1H2. The van der Waals surface area contributed by atoms with Crippen molar-refractivity contribution in [3.8, 4) is 0 Å². The fourth-order valence-corrected chi connectivity index (χ4v) is 0. The van der Waals surface area contributed by atoms with Crippen LogP contribution in [0, 0.1) is 0 Å².